The summed E-state index contributed by atoms with van der Waals surface area (Å²) in [4.78, 5) is 20.7. The number of guanidine groups is 1. The van der Waals surface area contributed by atoms with Crippen LogP contribution in [0.3, 0.4) is 0 Å². The van der Waals surface area contributed by atoms with Crippen molar-refractivity contribution in [3.63, 3.8) is 0 Å². The first kappa shape index (κ1) is 25.4. The summed E-state index contributed by atoms with van der Waals surface area (Å²) < 4.78 is 11.3. The zero-order valence-electron chi connectivity index (χ0n) is 17.6. The Balaban J connectivity index is 0.00000392. The highest BCUT2D eigenvalue weighted by molar-refractivity contribution is 14.0. The third-order valence-corrected chi connectivity index (χ3v) is 4.83. The molecule has 2 rings (SSSR count). The second kappa shape index (κ2) is 14.4. The monoisotopic (exact) mass is 511 g/mol. The first-order valence-corrected chi connectivity index (χ1v) is 10.2. The standard InChI is InChI=1S/C19H37N5O3.HI/c1-16(2)22-18(25)15-23-8-10-24(11-9-23)19(20-3)21-7-4-12-27-17-5-13-26-14-6-17;/h16-17H,4-15H2,1-3H3,(H,20,21)(H,22,25);1H. The highest BCUT2D eigenvalue weighted by Gasteiger charge is 2.21. The molecule has 0 atom stereocenters. The van der Waals surface area contributed by atoms with Gasteiger partial charge >= 0.3 is 0 Å². The Bertz CT molecular complexity index is 464. The Morgan fingerprint density at radius 1 is 1.21 bits per heavy atom. The summed E-state index contributed by atoms with van der Waals surface area (Å²) in [5.74, 6) is 1.04. The van der Waals surface area contributed by atoms with Gasteiger partial charge in [-0.3, -0.25) is 14.7 Å². The molecule has 0 saturated carbocycles. The fraction of sp³-hybridized carbons (Fsp3) is 0.895. The molecule has 164 valence electrons. The van der Waals surface area contributed by atoms with Crippen molar-refractivity contribution in [2.75, 3.05) is 66.1 Å². The fourth-order valence-electron chi connectivity index (χ4n) is 3.39. The lowest BCUT2D eigenvalue weighted by Crippen LogP contribution is -2.54. The molecular formula is C19H38IN5O3. The van der Waals surface area contributed by atoms with Crippen molar-refractivity contribution in [1.29, 1.82) is 0 Å². The van der Waals surface area contributed by atoms with Crippen LogP contribution in [0, 0.1) is 0 Å². The molecule has 0 radical (unpaired) electrons. The molecule has 2 aliphatic rings. The number of hydrogen-bond donors (Lipinski definition) is 2. The molecule has 0 aromatic carbocycles. The minimum Gasteiger partial charge on any atom is -0.381 e. The number of rotatable bonds is 8. The first-order chi connectivity index (χ1) is 13.1. The highest BCUT2D eigenvalue weighted by atomic mass is 127. The van der Waals surface area contributed by atoms with Crippen LogP contribution in [0.15, 0.2) is 4.99 Å². The summed E-state index contributed by atoms with van der Waals surface area (Å²) in [5, 5.41) is 6.38. The molecule has 0 aromatic heterocycles. The third-order valence-electron chi connectivity index (χ3n) is 4.83. The molecule has 28 heavy (non-hydrogen) atoms. The van der Waals surface area contributed by atoms with Gasteiger partial charge in [-0.15, -0.1) is 24.0 Å². The van der Waals surface area contributed by atoms with Crippen LogP contribution in [-0.2, 0) is 14.3 Å². The van der Waals surface area contributed by atoms with Gasteiger partial charge in [0.2, 0.25) is 5.91 Å². The van der Waals surface area contributed by atoms with E-state index in [1.165, 1.54) is 0 Å². The van der Waals surface area contributed by atoms with Gasteiger partial charge in [-0.1, -0.05) is 0 Å². The Kier molecular flexibility index (Phi) is 13.0. The average molecular weight is 511 g/mol. The van der Waals surface area contributed by atoms with Crippen molar-refractivity contribution in [2.45, 2.75) is 45.3 Å². The van der Waals surface area contributed by atoms with Crippen molar-refractivity contribution in [1.82, 2.24) is 20.4 Å². The molecule has 0 spiro atoms. The van der Waals surface area contributed by atoms with Crippen LogP contribution >= 0.6 is 24.0 Å². The number of nitrogens with one attached hydrogen (secondary N) is 2. The summed E-state index contributed by atoms with van der Waals surface area (Å²) in [6.45, 7) is 11.2. The van der Waals surface area contributed by atoms with E-state index in [-0.39, 0.29) is 35.9 Å². The Morgan fingerprint density at radius 3 is 2.50 bits per heavy atom. The topological polar surface area (TPSA) is 78.4 Å². The number of carbonyl (C=O) groups is 1. The van der Waals surface area contributed by atoms with Crippen LogP contribution in [0.25, 0.3) is 0 Å². The molecule has 2 N–H and O–H groups in total. The van der Waals surface area contributed by atoms with Gasteiger partial charge in [-0.05, 0) is 33.1 Å². The minimum absolute atomic E-state index is 0. The summed E-state index contributed by atoms with van der Waals surface area (Å²) in [5.41, 5.74) is 0. The Morgan fingerprint density at radius 2 is 1.89 bits per heavy atom. The van der Waals surface area contributed by atoms with Gasteiger partial charge in [0, 0.05) is 65.6 Å². The average Bonchev–Trinajstić information content (AvgIpc) is 2.66. The van der Waals surface area contributed by atoms with Crippen molar-refractivity contribution in [3.8, 4) is 0 Å². The number of amides is 1. The first-order valence-electron chi connectivity index (χ1n) is 10.2. The molecule has 0 bridgehead atoms. The molecule has 1 amide bonds. The lowest BCUT2D eigenvalue weighted by molar-refractivity contribution is -0.123. The minimum atomic E-state index is 0. The van der Waals surface area contributed by atoms with Crippen LogP contribution in [-0.4, -0.2) is 99.9 Å². The summed E-state index contributed by atoms with van der Waals surface area (Å²) in [6.07, 6.45) is 3.34. The van der Waals surface area contributed by atoms with Crippen molar-refractivity contribution in [3.05, 3.63) is 0 Å². The quantitative estimate of drug-likeness (QED) is 0.218. The molecule has 2 aliphatic heterocycles. The van der Waals surface area contributed by atoms with Gasteiger partial charge in [0.15, 0.2) is 5.96 Å². The van der Waals surface area contributed by atoms with Crippen molar-refractivity contribution in [2.24, 2.45) is 4.99 Å². The second-order valence-electron chi connectivity index (χ2n) is 7.50. The van der Waals surface area contributed by atoms with E-state index in [1.54, 1.807) is 0 Å². The molecule has 2 fully saturated rings. The summed E-state index contributed by atoms with van der Waals surface area (Å²) >= 11 is 0. The summed E-state index contributed by atoms with van der Waals surface area (Å²) in [6, 6.07) is 0.192. The normalized spacial score (nSPS) is 19.4. The van der Waals surface area contributed by atoms with E-state index in [9.17, 15) is 4.79 Å². The Hall–Kier alpha value is -0.650. The maximum absolute atomic E-state index is 11.9. The van der Waals surface area contributed by atoms with E-state index in [4.69, 9.17) is 9.47 Å². The van der Waals surface area contributed by atoms with Gasteiger partial charge < -0.3 is 25.0 Å². The van der Waals surface area contributed by atoms with Gasteiger partial charge in [0.05, 0.1) is 12.6 Å². The van der Waals surface area contributed by atoms with Crippen LogP contribution < -0.4 is 10.6 Å². The second-order valence-corrected chi connectivity index (χ2v) is 7.50. The van der Waals surface area contributed by atoms with E-state index in [0.29, 0.717) is 12.6 Å². The van der Waals surface area contributed by atoms with Gasteiger partial charge in [-0.25, -0.2) is 0 Å². The lowest BCUT2D eigenvalue weighted by Gasteiger charge is -2.36. The molecule has 0 aromatic rings. The number of aliphatic imine (C=N–C) groups is 1. The van der Waals surface area contributed by atoms with Gasteiger partial charge in [0.1, 0.15) is 0 Å². The molecule has 9 heteroatoms. The maximum atomic E-state index is 11.9. The number of nitrogens with zero attached hydrogens (tertiary/aromatic N) is 3. The number of hydrogen-bond acceptors (Lipinski definition) is 5. The smallest absolute Gasteiger partial charge is 0.234 e. The van der Waals surface area contributed by atoms with E-state index < -0.39 is 0 Å². The molecule has 2 heterocycles. The predicted octanol–water partition coefficient (Wildman–Crippen LogP) is 0.908. The van der Waals surface area contributed by atoms with E-state index in [2.05, 4.69) is 25.4 Å². The fourth-order valence-corrected chi connectivity index (χ4v) is 3.39. The number of carbonyl (C=O) groups excluding carboxylic acids is 1. The SMILES string of the molecule is CN=C(NCCCOC1CCOCC1)N1CCN(CC(=O)NC(C)C)CC1.I. The molecule has 2 saturated heterocycles. The maximum Gasteiger partial charge on any atom is 0.234 e. The zero-order chi connectivity index (χ0) is 19.5. The Labute approximate surface area is 186 Å². The number of halogens is 1. The molecular weight excluding hydrogens is 473 g/mol. The highest BCUT2D eigenvalue weighted by Crippen LogP contribution is 2.10. The van der Waals surface area contributed by atoms with Crippen LogP contribution in [0.5, 0.6) is 0 Å². The van der Waals surface area contributed by atoms with Crippen LogP contribution in [0.2, 0.25) is 0 Å². The van der Waals surface area contributed by atoms with Gasteiger partial charge in [0.25, 0.3) is 0 Å². The largest absolute Gasteiger partial charge is 0.381 e. The predicted molar refractivity (Wildman–Crippen MR) is 122 cm³/mol. The number of piperazine rings is 1. The van der Waals surface area contributed by atoms with Gasteiger partial charge in [-0.2, -0.15) is 0 Å². The van der Waals surface area contributed by atoms with E-state index in [0.717, 1.165) is 77.8 Å². The van der Waals surface area contributed by atoms with Crippen LogP contribution in [0.1, 0.15) is 33.1 Å². The molecule has 0 aliphatic carbocycles. The lowest BCUT2D eigenvalue weighted by atomic mass is 10.1. The number of ether oxygens (including phenoxy) is 2. The molecule has 0 unspecified atom stereocenters. The van der Waals surface area contributed by atoms with Crippen molar-refractivity contribution >= 4 is 35.8 Å². The zero-order valence-corrected chi connectivity index (χ0v) is 19.9. The van der Waals surface area contributed by atoms with E-state index >= 15 is 0 Å². The van der Waals surface area contributed by atoms with Crippen molar-refractivity contribution < 1.29 is 14.3 Å². The third kappa shape index (κ3) is 9.71. The molecule has 8 nitrogen and oxygen atoms in total. The van der Waals surface area contributed by atoms with E-state index in [1.807, 2.05) is 20.9 Å². The van der Waals surface area contributed by atoms with Crippen LogP contribution in [0.4, 0.5) is 0 Å². The summed E-state index contributed by atoms with van der Waals surface area (Å²) in [7, 11) is 1.82.